The average molecular weight is 404 g/mol. The number of ketones is 1. The van der Waals surface area contributed by atoms with Crippen molar-refractivity contribution in [1.82, 2.24) is 19.1 Å². The number of hydrogen-bond acceptors (Lipinski definition) is 9. The molecule has 11 nitrogen and oxygen atoms in total. The number of aromatic nitrogens is 4. The molecule has 0 saturated carbocycles. The summed E-state index contributed by atoms with van der Waals surface area (Å²) in [5, 5.41) is 0. The first kappa shape index (κ1) is 21.8. The fraction of sp³-hybridized carbons (Fsp3) is 0.444. The molecule has 2 heterocycles. The molecule has 0 bridgehead atoms. The highest BCUT2D eigenvalue weighted by molar-refractivity contribution is 6.01. The number of carbonyl (C=O) groups excluding carboxylic acids is 2. The van der Waals surface area contributed by atoms with Crippen molar-refractivity contribution >= 4 is 23.5 Å². The molecule has 2 aromatic rings. The second kappa shape index (κ2) is 9.13. The van der Waals surface area contributed by atoms with Gasteiger partial charge in [0.1, 0.15) is 17.9 Å². The standard InChI is InChI=1S/C18H24N6O5/c1-11(2)8-24-15(19)14(16(27)23(4)18(24)28)12(25)10-29-13(26)9-22(3)17-20-6-5-7-21-17/h5-7,11H,8-10,19H2,1-4H3. The van der Waals surface area contributed by atoms with Crippen molar-refractivity contribution in [2.45, 2.75) is 20.4 Å². The van der Waals surface area contributed by atoms with Gasteiger partial charge >= 0.3 is 11.7 Å². The molecule has 0 aliphatic rings. The minimum absolute atomic E-state index is 0.0593. The van der Waals surface area contributed by atoms with Crippen LogP contribution in [0.5, 0.6) is 0 Å². The Labute approximate surface area is 166 Å². The molecule has 2 N–H and O–H groups in total. The van der Waals surface area contributed by atoms with Crippen LogP contribution in [0.2, 0.25) is 0 Å². The van der Waals surface area contributed by atoms with Crippen molar-refractivity contribution in [2.24, 2.45) is 13.0 Å². The summed E-state index contributed by atoms with van der Waals surface area (Å²) < 4.78 is 6.96. The molecule has 11 heteroatoms. The lowest BCUT2D eigenvalue weighted by molar-refractivity contribution is -0.140. The second-order valence-electron chi connectivity index (χ2n) is 6.90. The number of anilines is 2. The summed E-state index contributed by atoms with van der Waals surface area (Å²) in [5.74, 6) is -1.35. The lowest BCUT2D eigenvalue weighted by atomic mass is 10.1. The van der Waals surface area contributed by atoms with E-state index in [1.165, 1.54) is 28.9 Å². The first-order valence-corrected chi connectivity index (χ1v) is 8.89. The highest BCUT2D eigenvalue weighted by Gasteiger charge is 2.23. The molecule has 2 rings (SSSR count). The lowest BCUT2D eigenvalue weighted by Crippen LogP contribution is -2.43. The summed E-state index contributed by atoms with van der Waals surface area (Å²) in [6.45, 7) is 3.10. The Bertz CT molecular complexity index is 1010. The highest BCUT2D eigenvalue weighted by atomic mass is 16.5. The van der Waals surface area contributed by atoms with Gasteiger partial charge in [0.25, 0.3) is 5.56 Å². The van der Waals surface area contributed by atoms with Gasteiger partial charge in [0.05, 0.1) is 0 Å². The van der Waals surface area contributed by atoms with E-state index in [9.17, 15) is 19.2 Å². The first-order chi connectivity index (χ1) is 13.6. The fourth-order valence-corrected chi connectivity index (χ4v) is 2.60. The SMILES string of the molecule is CC(C)Cn1c(N)c(C(=O)COC(=O)CN(C)c2ncccn2)c(=O)n(C)c1=O. The minimum Gasteiger partial charge on any atom is -0.456 e. The Hall–Kier alpha value is -3.50. The number of nitrogen functional groups attached to an aromatic ring is 1. The maximum absolute atomic E-state index is 12.5. The third kappa shape index (κ3) is 5.06. The molecule has 0 unspecified atom stereocenters. The van der Waals surface area contributed by atoms with Gasteiger partial charge < -0.3 is 15.4 Å². The molecule has 156 valence electrons. The van der Waals surface area contributed by atoms with E-state index >= 15 is 0 Å². The minimum atomic E-state index is -0.830. The van der Waals surface area contributed by atoms with Crippen molar-refractivity contribution in [3.05, 3.63) is 44.9 Å². The van der Waals surface area contributed by atoms with E-state index in [0.717, 1.165) is 4.57 Å². The zero-order valence-electron chi connectivity index (χ0n) is 16.8. The van der Waals surface area contributed by atoms with Gasteiger partial charge in [-0.05, 0) is 12.0 Å². The Balaban J connectivity index is 2.14. The average Bonchev–Trinajstić information content (AvgIpc) is 2.68. The molecule has 0 atom stereocenters. The predicted octanol–water partition coefficient (Wildman–Crippen LogP) is -0.562. The Kier molecular flexibility index (Phi) is 6.86. The lowest BCUT2D eigenvalue weighted by Gasteiger charge is -2.17. The molecule has 0 aliphatic heterocycles. The number of Topliss-reactive ketones (excluding diaryl/α,β-unsaturated/α-hetero) is 1. The maximum Gasteiger partial charge on any atom is 0.332 e. The molecule has 0 spiro atoms. The quantitative estimate of drug-likeness (QED) is 0.452. The second-order valence-corrected chi connectivity index (χ2v) is 6.90. The number of nitrogens with zero attached hydrogens (tertiary/aromatic N) is 5. The van der Waals surface area contributed by atoms with Crippen molar-refractivity contribution in [3.63, 3.8) is 0 Å². The zero-order chi connectivity index (χ0) is 21.7. The Morgan fingerprint density at radius 1 is 1.24 bits per heavy atom. The van der Waals surface area contributed by atoms with Crippen molar-refractivity contribution in [3.8, 4) is 0 Å². The number of esters is 1. The van der Waals surface area contributed by atoms with Crippen LogP contribution in [0.1, 0.15) is 24.2 Å². The van der Waals surface area contributed by atoms with Crippen LogP contribution in [0, 0.1) is 5.92 Å². The zero-order valence-corrected chi connectivity index (χ0v) is 16.8. The Morgan fingerprint density at radius 2 is 1.86 bits per heavy atom. The van der Waals surface area contributed by atoms with E-state index in [1.54, 1.807) is 13.1 Å². The molecule has 0 saturated heterocycles. The van der Waals surface area contributed by atoms with Crippen molar-refractivity contribution < 1.29 is 14.3 Å². The molecule has 0 fully saturated rings. The predicted molar refractivity (Wildman–Crippen MR) is 106 cm³/mol. The molecule has 29 heavy (non-hydrogen) atoms. The van der Waals surface area contributed by atoms with Crippen LogP contribution in [0.25, 0.3) is 0 Å². The van der Waals surface area contributed by atoms with Crippen LogP contribution in [-0.4, -0.2) is 51.1 Å². The Morgan fingerprint density at radius 3 is 2.45 bits per heavy atom. The fourth-order valence-electron chi connectivity index (χ4n) is 2.60. The largest absolute Gasteiger partial charge is 0.456 e. The van der Waals surface area contributed by atoms with Gasteiger partial charge in [-0.25, -0.2) is 14.8 Å². The first-order valence-electron chi connectivity index (χ1n) is 8.89. The molecule has 2 aromatic heterocycles. The number of rotatable bonds is 8. The van der Waals surface area contributed by atoms with Crippen LogP contribution in [-0.2, 0) is 23.1 Å². The highest BCUT2D eigenvalue weighted by Crippen LogP contribution is 2.09. The van der Waals surface area contributed by atoms with Gasteiger partial charge in [-0.15, -0.1) is 0 Å². The maximum atomic E-state index is 12.5. The van der Waals surface area contributed by atoms with Crippen molar-refractivity contribution in [2.75, 3.05) is 30.8 Å². The van der Waals surface area contributed by atoms with Crippen LogP contribution in [0.15, 0.2) is 28.0 Å². The number of ether oxygens (including phenoxy) is 1. The summed E-state index contributed by atoms with van der Waals surface area (Å²) in [4.78, 5) is 58.6. The van der Waals surface area contributed by atoms with Gasteiger partial charge in [0.2, 0.25) is 11.7 Å². The molecule has 0 amide bonds. The molecule has 0 radical (unpaired) electrons. The van der Waals surface area contributed by atoms with Gasteiger partial charge in [-0.2, -0.15) is 0 Å². The number of hydrogen-bond donors (Lipinski definition) is 1. The molecular formula is C18H24N6O5. The van der Waals surface area contributed by atoms with Crippen molar-refractivity contribution in [1.29, 1.82) is 0 Å². The number of likely N-dealkylation sites (N-methyl/N-ethyl adjacent to an activating group) is 1. The smallest absolute Gasteiger partial charge is 0.332 e. The third-order valence-corrected chi connectivity index (χ3v) is 4.03. The summed E-state index contributed by atoms with van der Waals surface area (Å²) in [7, 11) is 2.85. The summed E-state index contributed by atoms with van der Waals surface area (Å²) in [6, 6.07) is 1.64. The summed E-state index contributed by atoms with van der Waals surface area (Å²) in [6.07, 6.45) is 3.05. The molecule has 0 aromatic carbocycles. The van der Waals surface area contributed by atoms with Gasteiger partial charge in [0, 0.05) is 33.0 Å². The van der Waals surface area contributed by atoms with Crippen LogP contribution in [0.4, 0.5) is 11.8 Å². The van der Waals surface area contributed by atoms with Gasteiger partial charge in [-0.3, -0.25) is 23.5 Å². The monoisotopic (exact) mass is 404 g/mol. The summed E-state index contributed by atoms with van der Waals surface area (Å²) in [5.41, 5.74) is 4.11. The van der Waals surface area contributed by atoms with E-state index in [0.29, 0.717) is 5.95 Å². The normalized spacial score (nSPS) is 10.8. The molecular weight excluding hydrogens is 380 g/mol. The van der Waals surface area contributed by atoms with Crippen LogP contribution >= 0.6 is 0 Å². The van der Waals surface area contributed by atoms with E-state index in [4.69, 9.17) is 10.5 Å². The number of nitrogens with two attached hydrogens (primary N) is 1. The summed E-state index contributed by atoms with van der Waals surface area (Å²) >= 11 is 0. The van der Waals surface area contributed by atoms with E-state index in [-0.39, 0.29) is 30.4 Å². The van der Waals surface area contributed by atoms with E-state index < -0.39 is 29.6 Å². The van der Waals surface area contributed by atoms with Gasteiger partial charge in [-0.1, -0.05) is 13.8 Å². The molecule has 0 aliphatic carbocycles. The van der Waals surface area contributed by atoms with Crippen LogP contribution in [0.3, 0.4) is 0 Å². The van der Waals surface area contributed by atoms with E-state index in [2.05, 4.69) is 9.97 Å². The van der Waals surface area contributed by atoms with Crippen LogP contribution < -0.4 is 21.9 Å². The van der Waals surface area contributed by atoms with Gasteiger partial charge in [0.15, 0.2) is 6.61 Å². The van der Waals surface area contributed by atoms with E-state index in [1.807, 2.05) is 13.8 Å². The topological polar surface area (TPSA) is 142 Å². The third-order valence-electron chi connectivity index (χ3n) is 4.03. The number of carbonyl (C=O) groups is 2.